The van der Waals surface area contributed by atoms with Crippen molar-refractivity contribution < 1.29 is 45.0 Å². The maximum Gasteiger partial charge on any atom is 0.196 e. The summed E-state index contributed by atoms with van der Waals surface area (Å²) in [7, 11) is 0. The highest BCUT2D eigenvalue weighted by atomic mass is 16.3. The third-order valence-electron chi connectivity index (χ3n) is 5.48. The fourth-order valence-corrected chi connectivity index (χ4v) is 3.53. The number of carbonyl (C=O) groups excluding carboxylic acids is 3. The van der Waals surface area contributed by atoms with E-state index in [0.717, 1.165) is 48.5 Å². The number of phenols is 6. The van der Waals surface area contributed by atoms with Crippen LogP contribution in [0, 0.1) is 0 Å². The van der Waals surface area contributed by atoms with Gasteiger partial charge in [-0.1, -0.05) is 0 Å². The molecule has 0 heterocycles. The molecule has 0 radical (unpaired) electrons. The quantitative estimate of drug-likeness (QED) is 0.176. The number of phenolic OH excluding ortho intramolecular Hbond substituents is 6. The standard InChI is InChI=1S/C27H18O9/c28-19-5-1-13(25(34)15-3-7-21(30)23(32)11-15)9-17(19)26(35)14-2-6-20(29)18(10-14)27(36)16-4-8-22(31)24(33)12-16/h1-12,28-33H. The highest BCUT2D eigenvalue weighted by Gasteiger charge is 2.22. The Bertz CT molecular complexity index is 1550. The first-order chi connectivity index (χ1) is 17.1. The van der Waals surface area contributed by atoms with Crippen LogP contribution in [0.1, 0.15) is 47.8 Å². The lowest BCUT2D eigenvalue weighted by molar-refractivity contribution is 0.102. The van der Waals surface area contributed by atoms with Crippen LogP contribution in [0.25, 0.3) is 0 Å². The summed E-state index contributed by atoms with van der Waals surface area (Å²) in [6.07, 6.45) is 0. The lowest BCUT2D eigenvalue weighted by atomic mass is 9.94. The van der Waals surface area contributed by atoms with Crippen molar-refractivity contribution in [3.05, 3.63) is 106 Å². The molecular formula is C27H18O9. The number of hydrogen-bond donors (Lipinski definition) is 6. The van der Waals surface area contributed by atoms with Gasteiger partial charge in [0, 0.05) is 22.3 Å². The number of carbonyl (C=O) groups is 3. The van der Waals surface area contributed by atoms with Crippen molar-refractivity contribution in [3.8, 4) is 34.5 Å². The summed E-state index contributed by atoms with van der Waals surface area (Å²) in [6.45, 7) is 0. The maximum atomic E-state index is 13.2. The van der Waals surface area contributed by atoms with E-state index in [0.29, 0.717) is 0 Å². The Kier molecular flexibility index (Phi) is 6.06. The van der Waals surface area contributed by atoms with Crippen molar-refractivity contribution in [2.45, 2.75) is 0 Å². The minimum Gasteiger partial charge on any atom is -0.507 e. The van der Waals surface area contributed by atoms with Crippen LogP contribution in [0.2, 0.25) is 0 Å². The van der Waals surface area contributed by atoms with Crippen molar-refractivity contribution in [1.82, 2.24) is 0 Å². The largest absolute Gasteiger partial charge is 0.507 e. The zero-order valence-electron chi connectivity index (χ0n) is 18.3. The van der Waals surface area contributed by atoms with E-state index in [4.69, 9.17) is 0 Å². The summed E-state index contributed by atoms with van der Waals surface area (Å²) in [5.41, 5.74) is -0.619. The Labute approximate surface area is 203 Å². The van der Waals surface area contributed by atoms with Crippen molar-refractivity contribution in [2.75, 3.05) is 0 Å². The minimum absolute atomic E-state index is 0.0101. The normalized spacial score (nSPS) is 10.7. The van der Waals surface area contributed by atoms with Crippen LogP contribution in [0.3, 0.4) is 0 Å². The summed E-state index contributed by atoms with van der Waals surface area (Å²) in [6, 6.07) is 13.8. The van der Waals surface area contributed by atoms with E-state index in [2.05, 4.69) is 0 Å². The number of hydrogen-bond acceptors (Lipinski definition) is 9. The summed E-state index contributed by atoms with van der Waals surface area (Å²) in [5.74, 6) is -4.84. The molecular weight excluding hydrogens is 468 g/mol. The lowest BCUT2D eigenvalue weighted by Gasteiger charge is -2.10. The van der Waals surface area contributed by atoms with Gasteiger partial charge in [-0.25, -0.2) is 0 Å². The highest BCUT2D eigenvalue weighted by molar-refractivity contribution is 6.16. The molecule has 0 aliphatic rings. The third kappa shape index (κ3) is 4.40. The average molecular weight is 486 g/mol. The van der Waals surface area contributed by atoms with E-state index in [1.54, 1.807) is 0 Å². The summed E-state index contributed by atoms with van der Waals surface area (Å²) in [4.78, 5) is 38.9. The predicted molar refractivity (Wildman–Crippen MR) is 126 cm³/mol. The van der Waals surface area contributed by atoms with Crippen LogP contribution < -0.4 is 0 Å². The van der Waals surface area contributed by atoms with Gasteiger partial charge in [-0.2, -0.15) is 0 Å². The molecule has 0 aromatic heterocycles. The van der Waals surface area contributed by atoms with Crippen molar-refractivity contribution in [2.24, 2.45) is 0 Å². The second-order valence-electron chi connectivity index (χ2n) is 7.86. The number of benzene rings is 4. The number of rotatable bonds is 6. The van der Waals surface area contributed by atoms with E-state index in [1.165, 1.54) is 24.3 Å². The Morgan fingerprint density at radius 1 is 0.361 bits per heavy atom. The monoisotopic (exact) mass is 486 g/mol. The molecule has 0 atom stereocenters. The van der Waals surface area contributed by atoms with Crippen LogP contribution in [0.5, 0.6) is 34.5 Å². The van der Waals surface area contributed by atoms with Crippen molar-refractivity contribution in [3.63, 3.8) is 0 Å². The zero-order chi connectivity index (χ0) is 26.1. The van der Waals surface area contributed by atoms with Crippen LogP contribution >= 0.6 is 0 Å². The molecule has 0 aliphatic carbocycles. The Balaban J connectivity index is 1.70. The molecule has 0 fully saturated rings. The van der Waals surface area contributed by atoms with Gasteiger partial charge in [0.15, 0.2) is 40.3 Å². The SMILES string of the molecule is O=C(c1ccc(O)c(O)c1)c1ccc(O)c(C(=O)c2ccc(O)c(C(=O)c3ccc(O)c(O)c3)c2)c1. The Morgan fingerprint density at radius 2 is 0.667 bits per heavy atom. The van der Waals surface area contributed by atoms with E-state index < -0.39 is 51.8 Å². The highest BCUT2D eigenvalue weighted by Crippen LogP contribution is 2.31. The minimum atomic E-state index is -0.752. The molecule has 0 unspecified atom stereocenters. The molecule has 0 amide bonds. The average Bonchev–Trinajstić information content (AvgIpc) is 2.86. The lowest BCUT2D eigenvalue weighted by Crippen LogP contribution is -2.08. The molecule has 9 heteroatoms. The van der Waals surface area contributed by atoms with Crippen LogP contribution in [0.4, 0.5) is 0 Å². The van der Waals surface area contributed by atoms with E-state index in [-0.39, 0.29) is 33.4 Å². The van der Waals surface area contributed by atoms with Crippen molar-refractivity contribution in [1.29, 1.82) is 0 Å². The fraction of sp³-hybridized carbons (Fsp3) is 0. The molecule has 0 saturated heterocycles. The van der Waals surface area contributed by atoms with Gasteiger partial charge >= 0.3 is 0 Å². The molecule has 4 rings (SSSR count). The molecule has 0 bridgehead atoms. The van der Waals surface area contributed by atoms with Gasteiger partial charge in [0.05, 0.1) is 11.1 Å². The van der Waals surface area contributed by atoms with Gasteiger partial charge < -0.3 is 30.6 Å². The van der Waals surface area contributed by atoms with Crippen LogP contribution in [-0.4, -0.2) is 48.0 Å². The molecule has 0 aliphatic heterocycles. The third-order valence-corrected chi connectivity index (χ3v) is 5.48. The molecule has 180 valence electrons. The van der Waals surface area contributed by atoms with Crippen LogP contribution in [-0.2, 0) is 0 Å². The Morgan fingerprint density at radius 3 is 1.06 bits per heavy atom. The topological polar surface area (TPSA) is 173 Å². The van der Waals surface area contributed by atoms with Crippen LogP contribution in [0.15, 0.2) is 72.8 Å². The van der Waals surface area contributed by atoms with E-state index >= 15 is 0 Å². The second kappa shape index (κ2) is 9.15. The van der Waals surface area contributed by atoms with Crippen molar-refractivity contribution >= 4 is 17.3 Å². The first-order valence-electron chi connectivity index (χ1n) is 10.4. The molecule has 9 nitrogen and oxygen atoms in total. The molecule has 4 aromatic rings. The maximum absolute atomic E-state index is 13.2. The molecule has 0 saturated carbocycles. The second-order valence-corrected chi connectivity index (χ2v) is 7.86. The predicted octanol–water partition coefficient (Wildman–Crippen LogP) is 3.61. The molecule has 6 N–H and O–H groups in total. The van der Waals surface area contributed by atoms with Gasteiger partial charge in [-0.3, -0.25) is 14.4 Å². The summed E-state index contributed by atoms with van der Waals surface area (Å²) >= 11 is 0. The molecule has 0 spiro atoms. The summed E-state index contributed by atoms with van der Waals surface area (Å²) < 4.78 is 0. The Hall–Kier alpha value is -5.31. The van der Waals surface area contributed by atoms with Gasteiger partial charge in [0.1, 0.15) is 11.5 Å². The van der Waals surface area contributed by atoms with Gasteiger partial charge in [0.25, 0.3) is 0 Å². The first-order valence-corrected chi connectivity index (χ1v) is 10.4. The number of ketones is 3. The number of aromatic hydroxyl groups is 6. The summed E-state index contributed by atoms with van der Waals surface area (Å²) in [5, 5.41) is 58.7. The molecule has 36 heavy (non-hydrogen) atoms. The smallest absolute Gasteiger partial charge is 0.196 e. The van der Waals surface area contributed by atoms with Gasteiger partial charge in [-0.15, -0.1) is 0 Å². The van der Waals surface area contributed by atoms with E-state index in [9.17, 15) is 45.0 Å². The van der Waals surface area contributed by atoms with E-state index in [1.807, 2.05) is 0 Å². The molecule has 4 aromatic carbocycles. The van der Waals surface area contributed by atoms with Gasteiger partial charge in [-0.05, 0) is 72.8 Å². The fourth-order valence-electron chi connectivity index (χ4n) is 3.53. The first kappa shape index (κ1) is 23.8. The zero-order valence-corrected chi connectivity index (χ0v) is 18.3. The van der Waals surface area contributed by atoms with Gasteiger partial charge in [0.2, 0.25) is 0 Å².